The third kappa shape index (κ3) is 6.82. The summed E-state index contributed by atoms with van der Waals surface area (Å²) in [5.74, 6) is 0.0428. The maximum atomic E-state index is 12.5. The molecule has 1 aliphatic rings. The highest BCUT2D eigenvalue weighted by atomic mass is 35.5. The fourth-order valence-electron chi connectivity index (χ4n) is 4.17. The van der Waals surface area contributed by atoms with Crippen LogP contribution < -0.4 is 10.2 Å². The van der Waals surface area contributed by atoms with Crippen molar-refractivity contribution in [3.8, 4) is 0 Å². The van der Waals surface area contributed by atoms with Crippen molar-refractivity contribution in [3.05, 3.63) is 82.2 Å². The number of H-pyrrole nitrogens is 1. The average molecular weight is 513 g/mol. The number of carbonyl (C=O) groups is 1. The van der Waals surface area contributed by atoms with Crippen LogP contribution in [0.15, 0.2) is 66.4 Å². The minimum absolute atomic E-state index is 0.221. The summed E-state index contributed by atoms with van der Waals surface area (Å²) in [5, 5.41) is 4.94. The molecule has 1 amide bonds. The number of nitrogens with zero attached hydrogens (tertiary/aromatic N) is 2. The molecule has 0 radical (unpaired) electrons. The number of aromatic nitrogens is 1. The van der Waals surface area contributed by atoms with Crippen LogP contribution >= 0.6 is 23.2 Å². The number of piperazine rings is 1. The van der Waals surface area contributed by atoms with Crippen molar-refractivity contribution >= 4 is 51.8 Å². The van der Waals surface area contributed by atoms with E-state index in [0.29, 0.717) is 16.6 Å². The van der Waals surface area contributed by atoms with Crippen molar-refractivity contribution < 1.29 is 9.53 Å². The molecule has 2 heterocycles. The lowest BCUT2D eigenvalue weighted by molar-refractivity contribution is -0.120. The minimum atomic E-state index is -0.221. The molecule has 1 saturated heterocycles. The van der Waals surface area contributed by atoms with Gasteiger partial charge in [0.1, 0.15) is 0 Å². The molecule has 2 aromatic carbocycles. The summed E-state index contributed by atoms with van der Waals surface area (Å²) in [6.45, 7) is 5.67. The summed E-state index contributed by atoms with van der Waals surface area (Å²) in [7, 11) is 1.50. The van der Waals surface area contributed by atoms with Crippen LogP contribution in [0.5, 0.6) is 0 Å². The fraction of sp³-hybridized carbons (Fsp3) is 0.296. The number of anilines is 1. The van der Waals surface area contributed by atoms with Crippen LogP contribution in [0.3, 0.4) is 0 Å². The predicted octanol–water partition coefficient (Wildman–Crippen LogP) is 5.35. The molecule has 1 aromatic heterocycles. The first-order chi connectivity index (χ1) is 17.0. The molecule has 0 saturated carbocycles. The Balaban J connectivity index is 1.20. The smallest absolute Gasteiger partial charge is 0.286 e. The van der Waals surface area contributed by atoms with E-state index in [1.807, 2.05) is 24.3 Å². The number of amides is 1. The molecule has 35 heavy (non-hydrogen) atoms. The lowest BCUT2D eigenvalue weighted by Crippen LogP contribution is -2.47. The van der Waals surface area contributed by atoms with Gasteiger partial charge in [0, 0.05) is 55.0 Å². The number of hydrogen-bond donors (Lipinski definition) is 2. The van der Waals surface area contributed by atoms with Crippen LogP contribution in [-0.4, -0.2) is 62.2 Å². The maximum absolute atomic E-state index is 12.5. The Morgan fingerprint density at radius 2 is 1.83 bits per heavy atom. The molecule has 2 N–H and O–H groups in total. The molecule has 0 unspecified atom stereocenters. The lowest BCUT2D eigenvalue weighted by atomic mass is 10.2. The highest BCUT2D eigenvalue weighted by molar-refractivity contribution is 6.42. The van der Waals surface area contributed by atoms with Gasteiger partial charge in [-0.15, -0.1) is 0 Å². The van der Waals surface area contributed by atoms with Gasteiger partial charge in [-0.3, -0.25) is 9.69 Å². The highest BCUT2D eigenvalue weighted by Gasteiger charge is 2.16. The molecule has 0 atom stereocenters. The second kappa shape index (κ2) is 12.2. The summed E-state index contributed by atoms with van der Waals surface area (Å²) in [6, 6.07) is 16.1. The fourth-order valence-corrected chi connectivity index (χ4v) is 4.51. The molecule has 1 fully saturated rings. The van der Waals surface area contributed by atoms with E-state index in [1.54, 1.807) is 18.2 Å². The van der Waals surface area contributed by atoms with E-state index in [4.69, 9.17) is 27.9 Å². The third-order valence-corrected chi connectivity index (χ3v) is 6.80. The number of nitrogens with one attached hydrogen (secondary N) is 2. The first-order valence-corrected chi connectivity index (χ1v) is 12.5. The summed E-state index contributed by atoms with van der Waals surface area (Å²) < 4.78 is 5.28. The Kier molecular flexibility index (Phi) is 8.74. The number of ether oxygens (including phenoxy) is 1. The van der Waals surface area contributed by atoms with Gasteiger partial charge in [0.05, 0.1) is 17.2 Å². The van der Waals surface area contributed by atoms with Crippen LogP contribution in [0.4, 0.5) is 5.69 Å². The monoisotopic (exact) mass is 512 g/mol. The van der Waals surface area contributed by atoms with Crippen LogP contribution in [-0.2, 0) is 9.53 Å². The maximum Gasteiger partial charge on any atom is 0.286 e. The third-order valence-electron chi connectivity index (χ3n) is 6.08. The quantitative estimate of drug-likeness (QED) is 0.175. The van der Waals surface area contributed by atoms with Crippen molar-refractivity contribution in [2.75, 3.05) is 51.3 Å². The van der Waals surface area contributed by atoms with Crippen LogP contribution in [0, 0.1) is 0 Å². The number of carbonyl (C=O) groups excluding carboxylic acids is 1. The van der Waals surface area contributed by atoms with Gasteiger partial charge < -0.3 is 19.9 Å². The minimum Gasteiger partial charge on any atom is -0.491 e. The summed E-state index contributed by atoms with van der Waals surface area (Å²) >= 11 is 12.2. The number of allylic oxidation sites excluding steroid dienone is 2. The molecule has 6 nitrogen and oxygen atoms in total. The van der Waals surface area contributed by atoms with Gasteiger partial charge in [-0.1, -0.05) is 47.5 Å². The normalized spacial score (nSPS) is 15.2. The molecule has 3 aromatic rings. The average Bonchev–Trinajstić information content (AvgIpc) is 3.26. The first-order valence-electron chi connectivity index (χ1n) is 11.7. The van der Waals surface area contributed by atoms with E-state index in [0.717, 1.165) is 55.7 Å². The highest BCUT2D eigenvalue weighted by Crippen LogP contribution is 2.28. The number of para-hydroxylation sites is 1. The zero-order valence-electron chi connectivity index (χ0n) is 19.8. The topological polar surface area (TPSA) is 60.6 Å². The molecule has 8 heteroatoms. The SMILES string of the molecule is COC(=CC=Cc1cc2cc(Cl)c(Cl)cc2[nH]1)C(=O)NCCCN1CCN(c2ccccc2)CC1. The van der Waals surface area contributed by atoms with Crippen LogP contribution in [0.2, 0.25) is 10.0 Å². The van der Waals surface area contributed by atoms with E-state index in [1.165, 1.54) is 12.8 Å². The standard InChI is InChI=1S/C27H30Cl2N4O2/c1-35-26(10-5-7-21-17-20-18-23(28)24(29)19-25(20)31-21)27(34)30-11-6-12-32-13-15-33(16-14-32)22-8-3-2-4-9-22/h2-5,7-10,17-19,31H,6,11-16H2,1H3,(H,30,34). The van der Waals surface area contributed by atoms with E-state index >= 15 is 0 Å². The number of rotatable bonds is 9. The van der Waals surface area contributed by atoms with Crippen LogP contribution in [0.25, 0.3) is 17.0 Å². The van der Waals surface area contributed by atoms with Crippen molar-refractivity contribution in [2.45, 2.75) is 6.42 Å². The lowest BCUT2D eigenvalue weighted by Gasteiger charge is -2.36. The number of halogens is 2. The molecule has 0 bridgehead atoms. The molecule has 0 spiro atoms. The van der Waals surface area contributed by atoms with Gasteiger partial charge >= 0.3 is 0 Å². The number of methoxy groups -OCH3 is 1. The number of benzene rings is 2. The van der Waals surface area contributed by atoms with Gasteiger partial charge in [0.2, 0.25) is 0 Å². The molecule has 4 rings (SSSR count). The van der Waals surface area contributed by atoms with E-state index in [9.17, 15) is 4.79 Å². The molecular weight excluding hydrogens is 483 g/mol. The zero-order valence-corrected chi connectivity index (χ0v) is 21.3. The van der Waals surface area contributed by atoms with Crippen molar-refractivity contribution in [1.29, 1.82) is 0 Å². The first kappa shape index (κ1) is 25.2. The second-order valence-electron chi connectivity index (χ2n) is 8.45. The molecule has 0 aliphatic carbocycles. The predicted molar refractivity (Wildman–Crippen MR) is 145 cm³/mol. The second-order valence-corrected chi connectivity index (χ2v) is 9.26. The molecule has 1 aliphatic heterocycles. The van der Waals surface area contributed by atoms with Gasteiger partial charge in [-0.25, -0.2) is 0 Å². The van der Waals surface area contributed by atoms with Crippen molar-refractivity contribution in [3.63, 3.8) is 0 Å². The van der Waals surface area contributed by atoms with Crippen LogP contribution in [0.1, 0.15) is 12.1 Å². The Morgan fingerprint density at radius 3 is 2.57 bits per heavy atom. The largest absolute Gasteiger partial charge is 0.491 e. The Bertz CT molecular complexity index is 1160. The van der Waals surface area contributed by atoms with E-state index in [-0.39, 0.29) is 11.7 Å². The van der Waals surface area contributed by atoms with E-state index < -0.39 is 0 Å². The van der Waals surface area contributed by atoms with Gasteiger partial charge in [-0.05, 0) is 55.4 Å². The van der Waals surface area contributed by atoms with Gasteiger partial charge in [0.25, 0.3) is 5.91 Å². The number of hydrogen-bond acceptors (Lipinski definition) is 4. The van der Waals surface area contributed by atoms with Crippen molar-refractivity contribution in [2.24, 2.45) is 0 Å². The molecular formula is C27H30Cl2N4O2. The van der Waals surface area contributed by atoms with Crippen molar-refractivity contribution in [1.82, 2.24) is 15.2 Å². The number of aromatic amines is 1. The number of fused-ring (bicyclic) bond motifs is 1. The Hall–Kier alpha value is -2.93. The van der Waals surface area contributed by atoms with Gasteiger partial charge in [0.15, 0.2) is 5.76 Å². The summed E-state index contributed by atoms with van der Waals surface area (Å²) in [4.78, 5) is 20.6. The van der Waals surface area contributed by atoms with Gasteiger partial charge in [-0.2, -0.15) is 0 Å². The van der Waals surface area contributed by atoms with E-state index in [2.05, 4.69) is 44.4 Å². The Morgan fingerprint density at radius 1 is 1.09 bits per heavy atom. The molecule has 184 valence electrons. The Labute approximate surface area is 216 Å². The summed E-state index contributed by atoms with van der Waals surface area (Å²) in [5.41, 5.74) is 3.05. The summed E-state index contributed by atoms with van der Waals surface area (Å²) in [6.07, 6.45) is 6.19. The zero-order chi connectivity index (χ0) is 24.6.